The number of nitrogens with two attached hydrogens (primary N) is 1. The number of nitrogens with zero attached hydrogens (tertiary/aromatic N) is 2. The van der Waals surface area contributed by atoms with Crippen LogP contribution in [0.25, 0.3) is 0 Å². The minimum atomic E-state index is -0.648. The van der Waals surface area contributed by atoms with Crippen molar-refractivity contribution in [3.8, 4) is 0 Å². The van der Waals surface area contributed by atoms with E-state index in [0.29, 0.717) is 5.82 Å². The van der Waals surface area contributed by atoms with E-state index in [1.165, 1.54) is 11.7 Å². The first-order valence-electron chi connectivity index (χ1n) is 5.53. The highest BCUT2D eigenvalue weighted by atomic mass is 16.5. The van der Waals surface area contributed by atoms with Gasteiger partial charge >= 0.3 is 11.9 Å². The Labute approximate surface area is 105 Å². The number of ether oxygens (including phenoxy) is 2. The number of nitrogen functional groups attached to an aromatic ring is 1. The zero-order valence-electron chi connectivity index (χ0n) is 10.9. The molecule has 0 aliphatic rings. The molecule has 0 saturated heterocycles. The number of rotatable bonds is 4. The van der Waals surface area contributed by atoms with Crippen LogP contribution in [0.4, 0.5) is 5.82 Å². The molecule has 0 bridgehead atoms. The maximum atomic E-state index is 11.6. The van der Waals surface area contributed by atoms with Crippen molar-refractivity contribution in [3.05, 3.63) is 11.5 Å². The lowest BCUT2D eigenvalue weighted by atomic mass is 10.3. The Morgan fingerprint density at radius 3 is 2.61 bits per heavy atom. The summed E-state index contributed by atoms with van der Waals surface area (Å²) in [4.78, 5) is 27.1. The van der Waals surface area contributed by atoms with Gasteiger partial charge in [0.2, 0.25) is 0 Å². The maximum absolute atomic E-state index is 11.6. The molecule has 0 aliphatic carbocycles. The van der Waals surface area contributed by atoms with Crippen molar-refractivity contribution in [1.29, 1.82) is 0 Å². The molecule has 18 heavy (non-hydrogen) atoms. The fraction of sp³-hybridized carbons (Fsp3) is 0.545. The minimum Gasteiger partial charge on any atom is -0.467 e. The molecule has 1 rings (SSSR count). The molecule has 1 aromatic heterocycles. The molecular weight excluding hydrogens is 238 g/mol. The van der Waals surface area contributed by atoms with Crippen molar-refractivity contribution in [2.75, 3.05) is 19.5 Å². The van der Waals surface area contributed by atoms with E-state index in [9.17, 15) is 9.59 Å². The lowest BCUT2D eigenvalue weighted by molar-refractivity contribution is -0.144. The second-order valence-electron chi connectivity index (χ2n) is 3.68. The first kappa shape index (κ1) is 14.0. The van der Waals surface area contributed by atoms with E-state index in [-0.39, 0.29) is 18.1 Å². The van der Waals surface area contributed by atoms with Crippen LogP contribution >= 0.6 is 0 Å². The molecule has 0 radical (unpaired) electrons. The second kappa shape index (κ2) is 5.52. The zero-order valence-corrected chi connectivity index (χ0v) is 10.9. The van der Waals surface area contributed by atoms with Gasteiger partial charge in [-0.25, -0.2) is 14.6 Å². The Morgan fingerprint density at radius 1 is 1.50 bits per heavy atom. The van der Waals surface area contributed by atoms with Gasteiger partial charge in [-0.05, 0) is 20.8 Å². The van der Waals surface area contributed by atoms with Crippen LogP contribution in [0.5, 0.6) is 0 Å². The number of aryl methyl sites for hydroxylation is 1. The van der Waals surface area contributed by atoms with E-state index in [1.807, 2.05) is 0 Å². The molecular formula is C11H17N3O4. The Hall–Kier alpha value is -2.05. The summed E-state index contributed by atoms with van der Waals surface area (Å²) in [5.41, 5.74) is 5.84. The molecule has 0 saturated carbocycles. The molecule has 0 spiro atoms. The van der Waals surface area contributed by atoms with Crippen molar-refractivity contribution in [2.45, 2.75) is 26.8 Å². The Morgan fingerprint density at radius 2 is 2.11 bits per heavy atom. The van der Waals surface area contributed by atoms with Gasteiger partial charge in [0.15, 0.2) is 5.69 Å². The predicted octanol–water partition coefficient (Wildman–Crippen LogP) is 0.684. The molecule has 2 N–H and O–H groups in total. The molecule has 0 aliphatic heterocycles. The summed E-state index contributed by atoms with van der Waals surface area (Å²) >= 11 is 0. The quantitative estimate of drug-likeness (QED) is 0.795. The smallest absolute Gasteiger partial charge is 0.360 e. The standard InChI is InChI=1S/C11H17N3O4/c1-5-18-11(16)8-9(12)14(7(3)13-8)6(2)10(15)17-4/h6H,5,12H2,1-4H3. The van der Waals surface area contributed by atoms with Gasteiger partial charge in [-0.2, -0.15) is 0 Å². The summed E-state index contributed by atoms with van der Waals surface area (Å²) in [6.07, 6.45) is 0. The number of imidazole rings is 1. The fourth-order valence-corrected chi connectivity index (χ4v) is 1.68. The van der Waals surface area contributed by atoms with E-state index in [4.69, 9.17) is 10.5 Å². The van der Waals surface area contributed by atoms with Gasteiger partial charge < -0.3 is 19.8 Å². The van der Waals surface area contributed by atoms with Crippen LogP contribution in [0, 0.1) is 6.92 Å². The summed E-state index contributed by atoms with van der Waals surface area (Å²) in [6.45, 7) is 5.19. The first-order valence-corrected chi connectivity index (χ1v) is 5.53. The molecule has 1 aromatic rings. The summed E-state index contributed by atoms with van der Waals surface area (Å²) in [5.74, 6) is -0.510. The van der Waals surface area contributed by atoms with Crippen LogP contribution in [-0.4, -0.2) is 35.2 Å². The van der Waals surface area contributed by atoms with Crippen molar-refractivity contribution >= 4 is 17.8 Å². The van der Waals surface area contributed by atoms with Crippen molar-refractivity contribution in [1.82, 2.24) is 9.55 Å². The molecule has 0 fully saturated rings. The lowest BCUT2D eigenvalue weighted by Gasteiger charge is -2.14. The molecule has 0 amide bonds. The van der Waals surface area contributed by atoms with Crippen LogP contribution in [0.1, 0.15) is 36.2 Å². The molecule has 7 heteroatoms. The number of hydrogen-bond acceptors (Lipinski definition) is 6. The van der Waals surface area contributed by atoms with Crippen LogP contribution < -0.4 is 5.73 Å². The molecule has 0 aromatic carbocycles. The first-order chi connectivity index (χ1) is 8.43. The number of methoxy groups -OCH3 is 1. The number of esters is 2. The van der Waals surface area contributed by atoms with Crippen molar-refractivity contribution < 1.29 is 19.1 Å². The summed E-state index contributed by atoms with van der Waals surface area (Å²) in [5, 5.41) is 0. The number of carbonyl (C=O) groups excluding carboxylic acids is 2. The van der Waals surface area contributed by atoms with Gasteiger partial charge in [-0.1, -0.05) is 0 Å². The molecule has 7 nitrogen and oxygen atoms in total. The minimum absolute atomic E-state index is 0.0186. The summed E-state index contributed by atoms with van der Waals surface area (Å²) in [7, 11) is 1.29. The fourth-order valence-electron chi connectivity index (χ4n) is 1.68. The zero-order chi connectivity index (χ0) is 13.9. The van der Waals surface area contributed by atoms with Crippen LogP contribution in [0.15, 0.2) is 0 Å². The largest absolute Gasteiger partial charge is 0.467 e. The van der Waals surface area contributed by atoms with Crippen LogP contribution in [0.3, 0.4) is 0 Å². The highest BCUT2D eigenvalue weighted by Crippen LogP contribution is 2.21. The van der Waals surface area contributed by atoms with E-state index < -0.39 is 18.0 Å². The third-order valence-electron chi connectivity index (χ3n) is 2.52. The summed E-state index contributed by atoms with van der Waals surface area (Å²) < 4.78 is 10.9. The van der Waals surface area contributed by atoms with Gasteiger partial charge in [-0.3, -0.25) is 0 Å². The third kappa shape index (κ3) is 2.44. The van der Waals surface area contributed by atoms with Crippen molar-refractivity contribution in [3.63, 3.8) is 0 Å². The Balaban J connectivity index is 3.16. The molecule has 100 valence electrons. The SMILES string of the molecule is CCOC(=O)c1nc(C)n(C(C)C(=O)OC)c1N. The van der Waals surface area contributed by atoms with Gasteiger partial charge in [-0.15, -0.1) is 0 Å². The van der Waals surface area contributed by atoms with Gasteiger partial charge in [0, 0.05) is 0 Å². The number of anilines is 1. The predicted molar refractivity (Wildman–Crippen MR) is 64.1 cm³/mol. The van der Waals surface area contributed by atoms with E-state index in [0.717, 1.165) is 0 Å². The van der Waals surface area contributed by atoms with E-state index in [2.05, 4.69) is 9.72 Å². The van der Waals surface area contributed by atoms with Gasteiger partial charge in [0.25, 0.3) is 0 Å². The van der Waals surface area contributed by atoms with Crippen LogP contribution in [-0.2, 0) is 14.3 Å². The molecule has 1 atom stereocenters. The average Bonchev–Trinajstić information content (AvgIpc) is 2.63. The number of aromatic nitrogens is 2. The van der Waals surface area contributed by atoms with Gasteiger partial charge in [0.05, 0.1) is 13.7 Å². The van der Waals surface area contributed by atoms with Gasteiger partial charge in [0.1, 0.15) is 17.7 Å². The lowest BCUT2D eigenvalue weighted by Crippen LogP contribution is -2.21. The van der Waals surface area contributed by atoms with E-state index in [1.54, 1.807) is 20.8 Å². The average molecular weight is 255 g/mol. The summed E-state index contributed by atoms with van der Waals surface area (Å²) in [6, 6.07) is -0.648. The second-order valence-corrected chi connectivity index (χ2v) is 3.68. The van der Waals surface area contributed by atoms with Crippen LogP contribution in [0.2, 0.25) is 0 Å². The number of hydrogen-bond donors (Lipinski definition) is 1. The Bertz CT molecular complexity index is 467. The highest BCUT2D eigenvalue weighted by molar-refractivity contribution is 5.92. The van der Waals surface area contributed by atoms with E-state index >= 15 is 0 Å². The third-order valence-corrected chi connectivity index (χ3v) is 2.52. The topological polar surface area (TPSA) is 96.4 Å². The maximum Gasteiger partial charge on any atom is 0.360 e. The molecule has 1 unspecified atom stereocenters. The van der Waals surface area contributed by atoms with Crippen molar-refractivity contribution in [2.24, 2.45) is 0 Å². The normalized spacial score (nSPS) is 12.0. The Kier molecular flexibility index (Phi) is 4.30. The molecule has 1 heterocycles. The monoisotopic (exact) mass is 255 g/mol. The number of carbonyl (C=O) groups is 2. The highest BCUT2D eigenvalue weighted by Gasteiger charge is 2.25.